The van der Waals surface area contributed by atoms with E-state index in [1.165, 1.54) is 7.05 Å². The highest BCUT2D eigenvalue weighted by Gasteiger charge is 2.08. The number of nitriles is 1. The lowest BCUT2D eigenvalue weighted by atomic mass is 10.7. The molecule has 9 heavy (non-hydrogen) atoms. The van der Waals surface area contributed by atoms with Gasteiger partial charge in [0, 0.05) is 7.05 Å². The van der Waals surface area contributed by atoms with Crippen LogP contribution in [0.15, 0.2) is 0 Å². The molecule has 0 aromatic heterocycles. The molecule has 0 saturated carbocycles. The average molecular weight is 149 g/mol. The lowest BCUT2D eigenvalue weighted by molar-refractivity contribution is 0.503. The van der Waals surface area contributed by atoms with E-state index in [9.17, 15) is 8.42 Å². The first-order valence-electron chi connectivity index (χ1n) is 2.09. The maximum Gasteiger partial charge on any atom is 0.277 e. The third-order valence-corrected chi connectivity index (χ3v) is 1.73. The van der Waals surface area contributed by atoms with Gasteiger partial charge in [0.25, 0.3) is 10.2 Å². The number of hydrogen-bond donors (Lipinski definition) is 1. The Bertz CT molecular complexity index is 214. The van der Waals surface area contributed by atoms with E-state index in [1.54, 1.807) is 6.07 Å². The van der Waals surface area contributed by atoms with Crippen LogP contribution in [0, 0.1) is 11.3 Å². The highest BCUT2D eigenvalue weighted by molar-refractivity contribution is 7.86. The topological polar surface area (TPSA) is 87.2 Å². The highest BCUT2D eigenvalue weighted by Crippen LogP contribution is 1.84. The molecule has 0 rings (SSSR count). The van der Waals surface area contributed by atoms with E-state index in [1.807, 2.05) is 0 Å². The summed E-state index contributed by atoms with van der Waals surface area (Å²) < 4.78 is 21.3. The fourth-order valence-electron chi connectivity index (χ4n) is 0.190. The predicted molar refractivity (Wildman–Crippen MR) is 31.4 cm³/mol. The van der Waals surface area contributed by atoms with Crippen molar-refractivity contribution in [3.8, 4) is 6.07 Å². The first kappa shape index (κ1) is 8.36. The maximum absolute atomic E-state index is 10.3. The van der Waals surface area contributed by atoms with Gasteiger partial charge in [0.15, 0.2) is 0 Å². The van der Waals surface area contributed by atoms with Gasteiger partial charge in [0.2, 0.25) is 0 Å². The van der Waals surface area contributed by atoms with E-state index in [0.717, 1.165) is 4.31 Å². The Kier molecular flexibility index (Phi) is 2.58. The smallest absolute Gasteiger partial charge is 0.216 e. The summed E-state index contributed by atoms with van der Waals surface area (Å²) in [6.45, 7) is -0.209. The Morgan fingerprint density at radius 3 is 2.33 bits per heavy atom. The van der Waals surface area contributed by atoms with Crippen LogP contribution in [0.3, 0.4) is 0 Å². The quantitative estimate of drug-likeness (QED) is 0.492. The average Bonchev–Trinajstić information content (AvgIpc) is 1.64. The van der Waals surface area contributed by atoms with Crippen LogP contribution in [-0.2, 0) is 10.2 Å². The zero-order chi connectivity index (χ0) is 7.49. The zero-order valence-corrected chi connectivity index (χ0v) is 5.72. The monoisotopic (exact) mass is 149 g/mol. The second-order valence-corrected chi connectivity index (χ2v) is 3.11. The number of rotatable bonds is 2. The molecule has 5 nitrogen and oxygen atoms in total. The third-order valence-electron chi connectivity index (χ3n) is 0.728. The van der Waals surface area contributed by atoms with E-state index in [-0.39, 0.29) is 6.54 Å². The Labute approximate surface area is 53.9 Å². The van der Waals surface area contributed by atoms with E-state index >= 15 is 0 Å². The molecule has 0 bridgehead atoms. The van der Waals surface area contributed by atoms with Gasteiger partial charge in [-0.15, -0.1) is 0 Å². The zero-order valence-electron chi connectivity index (χ0n) is 4.90. The van der Waals surface area contributed by atoms with Gasteiger partial charge in [-0.2, -0.15) is 18.0 Å². The molecular weight excluding hydrogens is 142 g/mol. The summed E-state index contributed by atoms with van der Waals surface area (Å²) in [5.41, 5.74) is 0. The molecule has 0 spiro atoms. The first-order valence-corrected chi connectivity index (χ1v) is 3.60. The number of nitrogens with zero attached hydrogens (tertiary/aromatic N) is 2. The molecule has 2 N–H and O–H groups in total. The van der Waals surface area contributed by atoms with E-state index in [4.69, 9.17) is 5.26 Å². The van der Waals surface area contributed by atoms with Crippen LogP contribution in [0.25, 0.3) is 0 Å². The molecule has 0 saturated heterocycles. The van der Waals surface area contributed by atoms with Gasteiger partial charge in [-0.3, -0.25) is 0 Å². The molecule has 0 heterocycles. The van der Waals surface area contributed by atoms with Crippen molar-refractivity contribution in [1.29, 1.82) is 5.26 Å². The highest BCUT2D eigenvalue weighted by atomic mass is 32.2. The van der Waals surface area contributed by atoms with Gasteiger partial charge in [-0.25, -0.2) is 5.14 Å². The molecule has 0 aromatic rings. The van der Waals surface area contributed by atoms with Crippen LogP contribution in [0.5, 0.6) is 0 Å². The molecule has 0 aliphatic rings. The van der Waals surface area contributed by atoms with Gasteiger partial charge in [-0.1, -0.05) is 0 Å². The SMILES string of the molecule is CN(CC#N)S(N)(=O)=O. The van der Waals surface area contributed by atoms with Crippen molar-refractivity contribution in [3.05, 3.63) is 0 Å². The molecule has 0 radical (unpaired) electrons. The second kappa shape index (κ2) is 2.77. The summed E-state index contributed by atoms with van der Waals surface area (Å²) in [5, 5.41) is 12.6. The molecule has 0 aliphatic carbocycles. The van der Waals surface area contributed by atoms with Gasteiger partial charge in [0.1, 0.15) is 6.54 Å². The van der Waals surface area contributed by atoms with Crippen molar-refractivity contribution < 1.29 is 8.42 Å². The summed E-state index contributed by atoms with van der Waals surface area (Å²) in [6.07, 6.45) is 0. The van der Waals surface area contributed by atoms with E-state index < -0.39 is 10.2 Å². The summed E-state index contributed by atoms with van der Waals surface area (Å²) in [5.74, 6) is 0. The minimum absolute atomic E-state index is 0.209. The molecule has 0 amide bonds. The summed E-state index contributed by atoms with van der Waals surface area (Å²) in [6, 6.07) is 1.64. The number of hydrogen-bond acceptors (Lipinski definition) is 3. The normalized spacial score (nSPS) is 11.3. The van der Waals surface area contributed by atoms with Gasteiger partial charge in [0.05, 0.1) is 6.07 Å². The van der Waals surface area contributed by atoms with Crippen LogP contribution >= 0.6 is 0 Å². The summed E-state index contributed by atoms with van der Waals surface area (Å²) >= 11 is 0. The summed E-state index contributed by atoms with van der Waals surface area (Å²) in [7, 11) is -2.42. The second-order valence-electron chi connectivity index (χ2n) is 1.46. The Balaban J connectivity index is 4.10. The van der Waals surface area contributed by atoms with Crippen molar-refractivity contribution >= 4 is 10.2 Å². The lowest BCUT2D eigenvalue weighted by Crippen LogP contribution is -2.33. The van der Waals surface area contributed by atoms with Crippen molar-refractivity contribution in [2.45, 2.75) is 0 Å². The standard InChI is InChI=1S/C3H7N3O2S/c1-6(3-2-4)9(5,7)8/h3H2,1H3,(H2,5,7,8). The Hall–Kier alpha value is -0.640. The fourth-order valence-corrected chi connectivity index (χ4v) is 0.427. The molecule has 0 fully saturated rings. The van der Waals surface area contributed by atoms with Crippen LogP contribution in [-0.4, -0.2) is 26.3 Å². The van der Waals surface area contributed by atoms with Gasteiger partial charge in [-0.05, 0) is 0 Å². The van der Waals surface area contributed by atoms with E-state index in [0.29, 0.717) is 0 Å². The number of nitrogens with two attached hydrogens (primary N) is 1. The molecule has 0 aliphatic heterocycles. The predicted octanol–water partition coefficient (Wildman–Crippen LogP) is -1.35. The molecule has 0 atom stereocenters. The lowest BCUT2D eigenvalue weighted by Gasteiger charge is -2.06. The Morgan fingerprint density at radius 2 is 2.22 bits per heavy atom. The van der Waals surface area contributed by atoms with Crippen molar-refractivity contribution in [3.63, 3.8) is 0 Å². The van der Waals surface area contributed by atoms with Crippen LogP contribution in [0.2, 0.25) is 0 Å². The maximum atomic E-state index is 10.3. The molecule has 52 valence electrons. The first-order chi connectivity index (χ1) is 3.98. The molecule has 0 aromatic carbocycles. The van der Waals surface area contributed by atoms with Crippen molar-refractivity contribution in [2.75, 3.05) is 13.6 Å². The van der Waals surface area contributed by atoms with Crippen LogP contribution < -0.4 is 5.14 Å². The summed E-state index contributed by atoms with van der Waals surface area (Å²) in [4.78, 5) is 0. The fraction of sp³-hybridized carbons (Fsp3) is 0.667. The minimum Gasteiger partial charge on any atom is -0.216 e. The molecule has 6 heteroatoms. The molecule has 0 unspecified atom stereocenters. The van der Waals surface area contributed by atoms with Crippen LogP contribution in [0.1, 0.15) is 0 Å². The van der Waals surface area contributed by atoms with Crippen molar-refractivity contribution in [2.24, 2.45) is 5.14 Å². The van der Waals surface area contributed by atoms with Gasteiger partial charge >= 0.3 is 0 Å². The van der Waals surface area contributed by atoms with E-state index in [2.05, 4.69) is 5.14 Å². The largest absolute Gasteiger partial charge is 0.277 e. The van der Waals surface area contributed by atoms with Crippen LogP contribution in [0.4, 0.5) is 0 Å². The van der Waals surface area contributed by atoms with Crippen molar-refractivity contribution in [1.82, 2.24) is 4.31 Å². The Morgan fingerprint density at radius 1 is 1.78 bits per heavy atom. The minimum atomic E-state index is -3.65. The molecular formula is C3H7N3O2S. The third kappa shape index (κ3) is 3.03. The van der Waals surface area contributed by atoms with Gasteiger partial charge < -0.3 is 0 Å².